The predicted octanol–water partition coefficient (Wildman–Crippen LogP) is 2.92. The lowest BCUT2D eigenvalue weighted by Crippen LogP contribution is -2.21. The zero-order chi connectivity index (χ0) is 13.0. The zero-order valence-corrected chi connectivity index (χ0v) is 11.0. The number of ether oxygens (including phenoxy) is 2. The molecule has 0 aliphatic carbocycles. The highest BCUT2D eigenvalue weighted by atomic mass is 19.1. The van der Waals surface area contributed by atoms with Crippen LogP contribution in [0.3, 0.4) is 0 Å². The van der Waals surface area contributed by atoms with E-state index in [-0.39, 0.29) is 12.6 Å². The van der Waals surface area contributed by atoms with Crippen molar-refractivity contribution in [1.29, 1.82) is 0 Å². The van der Waals surface area contributed by atoms with Crippen LogP contribution in [0.25, 0.3) is 0 Å². The van der Waals surface area contributed by atoms with Crippen molar-refractivity contribution in [3.8, 4) is 5.75 Å². The molecule has 0 unspecified atom stereocenters. The van der Waals surface area contributed by atoms with E-state index < -0.39 is 0 Å². The van der Waals surface area contributed by atoms with Crippen molar-refractivity contribution >= 4 is 0 Å². The molecule has 0 bridgehead atoms. The van der Waals surface area contributed by atoms with E-state index in [4.69, 9.17) is 9.47 Å². The van der Waals surface area contributed by atoms with Gasteiger partial charge < -0.3 is 14.4 Å². The SMILES string of the molecule is CCCCN(C)Cc1cc(F)cc2c1OCOC2. The molecule has 3 nitrogen and oxygen atoms in total. The van der Waals surface area contributed by atoms with Crippen LogP contribution in [0.1, 0.15) is 30.9 Å². The molecule has 0 aromatic heterocycles. The van der Waals surface area contributed by atoms with Crippen molar-refractivity contribution in [3.63, 3.8) is 0 Å². The van der Waals surface area contributed by atoms with Crippen LogP contribution >= 0.6 is 0 Å². The summed E-state index contributed by atoms with van der Waals surface area (Å²) in [6.45, 7) is 4.57. The molecule has 0 atom stereocenters. The highest BCUT2D eigenvalue weighted by molar-refractivity contribution is 5.42. The summed E-state index contributed by atoms with van der Waals surface area (Å²) in [6.07, 6.45) is 2.31. The number of fused-ring (bicyclic) bond motifs is 1. The lowest BCUT2D eigenvalue weighted by molar-refractivity contribution is -0.0176. The van der Waals surface area contributed by atoms with Crippen LogP contribution < -0.4 is 4.74 Å². The van der Waals surface area contributed by atoms with Crippen LogP contribution in [0.2, 0.25) is 0 Å². The number of hydrogen-bond acceptors (Lipinski definition) is 3. The van der Waals surface area contributed by atoms with Crippen LogP contribution in [0.15, 0.2) is 12.1 Å². The fourth-order valence-corrected chi connectivity index (χ4v) is 2.17. The molecule has 100 valence electrons. The van der Waals surface area contributed by atoms with E-state index >= 15 is 0 Å². The van der Waals surface area contributed by atoms with Gasteiger partial charge in [0.25, 0.3) is 0 Å². The number of halogens is 1. The zero-order valence-electron chi connectivity index (χ0n) is 11.0. The molecule has 1 heterocycles. The van der Waals surface area contributed by atoms with E-state index in [1.54, 1.807) is 6.07 Å². The maximum atomic E-state index is 13.5. The molecule has 0 saturated heterocycles. The molecule has 1 aliphatic rings. The van der Waals surface area contributed by atoms with Gasteiger partial charge in [0, 0.05) is 17.7 Å². The number of nitrogens with zero attached hydrogens (tertiary/aromatic N) is 1. The average molecular weight is 253 g/mol. The Morgan fingerprint density at radius 2 is 2.22 bits per heavy atom. The summed E-state index contributed by atoms with van der Waals surface area (Å²) >= 11 is 0. The monoisotopic (exact) mass is 253 g/mol. The number of unbranched alkanes of at least 4 members (excludes halogenated alkanes) is 1. The minimum atomic E-state index is -0.221. The quantitative estimate of drug-likeness (QED) is 0.805. The van der Waals surface area contributed by atoms with Crippen molar-refractivity contribution in [1.82, 2.24) is 4.90 Å². The van der Waals surface area contributed by atoms with Crippen LogP contribution in [0.5, 0.6) is 5.75 Å². The van der Waals surface area contributed by atoms with Gasteiger partial charge in [-0.2, -0.15) is 0 Å². The van der Waals surface area contributed by atoms with Crippen molar-refractivity contribution in [2.75, 3.05) is 20.4 Å². The van der Waals surface area contributed by atoms with Crippen LogP contribution in [0, 0.1) is 5.82 Å². The average Bonchev–Trinajstić information content (AvgIpc) is 2.36. The van der Waals surface area contributed by atoms with Crippen molar-refractivity contribution in [2.24, 2.45) is 0 Å². The summed E-state index contributed by atoms with van der Waals surface area (Å²) < 4.78 is 24.2. The minimum absolute atomic E-state index is 0.221. The Bertz CT molecular complexity index is 409. The summed E-state index contributed by atoms with van der Waals surface area (Å²) in [5.74, 6) is 0.577. The van der Waals surface area contributed by atoms with E-state index in [2.05, 4.69) is 11.8 Å². The first-order chi connectivity index (χ1) is 8.70. The molecule has 0 spiro atoms. The first kappa shape index (κ1) is 13.3. The second-order valence-electron chi connectivity index (χ2n) is 4.76. The topological polar surface area (TPSA) is 21.7 Å². The normalized spacial score (nSPS) is 14.4. The molecule has 1 aromatic carbocycles. The third-order valence-electron chi connectivity index (χ3n) is 3.09. The second-order valence-corrected chi connectivity index (χ2v) is 4.76. The van der Waals surface area contributed by atoms with E-state index in [0.29, 0.717) is 13.2 Å². The predicted molar refractivity (Wildman–Crippen MR) is 67.9 cm³/mol. The molecule has 0 radical (unpaired) electrons. The Balaban J connectivity index is 2.13. The van der Waals surface area contributed by atoms with E-state index in [0.717, 1.165) is 36.3 Å². The lowest BCUT2D eigenvalue weighted by atomic mass is 10.1. The van der Waals surface area contributed by atoms with Gasteiger partial charge in [0.1, 0.15) is 11.6 Å². The molecule has 0 amide bonds. The molecule has 0 fully saturated rings. The van der Waals surface area contributed by atoms with Gasteiger partial charge in [-0.25, -0.2) is 4.39 Å². The molecule has 2 rings (SSSR count). The number of rotatable bonds is 5. The smallest absolute Gasteiger partial charge is 0.189 e. The summed E-state index contributed by atoms with van der Waals surface area (Å²) in [4.78, 5) is 2.19. The summed E-state index contributed by atoms with van der Waals surface area (Å²) in [6, 6.07) is 3.05. The highest BCUT2D eigenvalue weighted by Gasteiger charge is 2.17. The third-order valence-corrected chi connectivity index (χ3v) is 3.09. The number of hydrogen-bond donors (Lipinski definition) is 0. The summed E-state index contributed by atoms with van der Waals surface area (Å²) in [7, 11) is 2.05. The molecule has 4 heteroatoms. The van der Waals surface area contributed by atoms with Gasteiger partial charge in [-0.3, -0.25) is 0 Å². The Morgan fingerprint density at radius 1 is 1.39 bits per heavy atom. The first-order valence-corrected chi connectivity index (χ1v) is 6.41. The Morgan fingerprint density at radius 3 is 3.00 bits per heavy atom. The first-order valence-electron chi connectivity index (χ1n) is 6.41. The van der Waals surface area contributed by atoms with Gasteiger partial charge >= 0.3 is 0 Å². The van der Waals surface area contributed by atoms with E-state index in [1.807, 2.05) is 7.05 Å². The van der Waals surface area contributed by atoms with Gasteiger partial charge in [0.15, 0.2) is 6.79 Å². The molecule has 1 aromatic rings. The fourth-order valence-electron chi connectivity index (χ4n) is 2.17. The Hall–Kier alpha value is -1.13. The van der Waals surface area contributed by atoms with Gasteiger partial charge in [0.05, 0.1) is 6.61 Å². The molecule has 0 saturated carbocycles. The summed E-state index contributed by atoms with van der Waals surface area (Å²) in [5.41, 5.74) is 1.71. The van der Waals surface area contributed by atoms with Crippen molar-refractivity contribution < 1.29 is 13.9 Å². The molecule has 0 N–H and O–H groups in total. The van der Waals surface area contributed by atoms with E-state index in [9.17, 15) is 4.39 Å². The van der Waals surface area contributed by atoms with E-state index in [1.165, 1.54) is 6.07 Å². The van der Waals surface area contributed by atoms with Gasteiger partial charge in [-0.15, -0.1) is 0 Å². The van der Waals surface area contributed by atoms with Crippen LogP contribution in [-0.4, -0.2) is 25.3 Å². The highest BCUT2D eigenvalue weighted by Crippen LogP contribution is 2.30. The maximum absolute atomic E-state index is 13.5. The third kappa shape index (κ3) is 3.21. The Kier molecular flexibility index (Phi) is 4.55. The molecular weight excluding hydrogens is 233 g/mol. The fraction of sp³-hybridized carbons (Fsp3) is 0.571. The molecule has 18 heavy (non-hydrogen) atoms. The van der Waals surface area contributed by atoms with Crippen LogP contribution in [-0.2, 0) is 17.9 Å². The van der Waals surface area contributed by atoms with Gasteiger partial charge in [0.2, 0.25) is 0 Å². The maximum Gasteiger partial charge on any atom is 0.189 e. The Labute approximate surface area is 107 Å². The van der Waals surface area contributed by atoms with Gasteiger partial charge in [-0.1, -0.05) is 13.3 Å². The second kappa shape index (κ2) is 6.16. The number of benzene rings is 1. The largest absolute Gasteiger partial charge is 0.467 e. The lowest BCUT2D eigenvalue weighted by Gasteiger charge is -2.23. The molecule has 1 aliphatic heterocycles. The summed E-state index contributed by atoms with van der Waals surface area (Å²) in [5, 5.41) is 0. The van der Waals surface area contributed by atoms with Crippen molar-refractivity contribution in [3.05, 3.63) is 29.1 Å². The molecular formula is C14H20FNO2. The van der Waals surface area contributed by atoms with Gasteiger partial charge in [-0.05, 0) is 32.1 Å². The van der Waals surface area contributed by atoms with Crippen molar-refractivity contribution in [2.45, 2.75) is 32.9 Å². The minimum Gasteiger partial charge on any atom is -0.467 e. The van der Waals surface area contributed by atoms with Crippen LogP contribution in [0.4, 0.5) is 4.39 Å². The standard InChI is InChI=1S/C14H20FNO2/c1-3-4-5-16(2)8-11-6-13(15)7-12-9-17-10-18-14(11)12/h6-7H,3-5,8-10H2,1-2H3.